The first-order valence-corrected chi connectivity index (χ1v) is 13.5. The molecule has 0 unspecified atom stereocenters. The van der Waals surface area contributed by atoms with Crippen LogP contribution in [0, 0.1) is 0 Å². The van der Waals surface area contributed by atoms with Gasteiger partial charge in [-0.2, -0.15) is 0 Å². The Morgan fingerprint density at radius 3 is 1.87 bits per heavy atom. The zero-order valence-corrected chi connectivity index (χ0v) is 23.4. The van der Waals surface area contributed by atoms with E-state index in [1.807, 2.05) is 0 Å². The minimum Gasteiger partial charge on any atom is -0.480 e. The molecule has 0 spiro atoms. The number of H-pyrrole nitrogens is 3. The molecule has 0 radical (unpaired) electrons. The highest BCUT2D eigenvalue weighted by molar-refractivity contribution is 5.92. The van der Waals surface area contributed by atoms with Gasteiger partial charge in [-0.1, -0.05) is 24.3 Å². The predicted molar refractivity (Wildman–Crippen MR) is 159 cm³/mol. The number of para-hydroxylation sites is 2. The number of aliphatic carboxylic acids is 1. The Labute approximate surface area is 250 Å². The summed E-state index contributed by atoms with van der Waals surface area (Å²) in [7, 11) is 0. The first-order valence-electron chi connectivity index (χ1n) is 13.5. The lowest BCUT2D eigenvalue weighted by Gasteiger charge is -2.23. The average molecular weight is 618 g/mol. The molecule has 0 fully saturated rings. The van der Waals surface area contributed by atoms with Crippen molar-refractivity contribution in [2.24, 2.45) is 5.73 Å². The molecule has 2 aromatic carbocycles. The normalized spacial score (nSPS) is 13.3. The number of carboxylic acid groups (broad SMARTS) is 1. The van der Waals surface area contributed by atoms with E-state index in [4.69, 9.17) is 5.73 Å². The van der Waals surface area contributed by atoms with Crippen LogP contribution in [-0.2, 0) is 33.9 Å². The van der Waals surface area contributed by atoms with Gasteiger partial charge in [-0.15, -0.1) is 0 Å². The summed E-state index contributed by atoms with van der Waals surface area (Å²) in [6.45, 7) is -1.30. The lowest BCUT2D eigenvalue weighted by atomic mass is 10.1. The second-order valence-corrected chi connectivity index (χ2v) is 10.1. The van der Waals surface area contributed by atoms with Crippen molar-refractivity contribution in [1.29, 1.82) is 0 Å². The zero-order chi connectivity index (χ0) is 32.2. The van der Waals surface area contributed by atoms with E-state index in [2.05, 4.69) is 30.6 Å². The third-order valence-electron chi connectivity index (χ3n) is 7.09. The molecule has 232 valence electrons. The molecule has 0 saturated carbocycles. The number of carbonyl (C=O) groups is 3. The highest BCUT2D eigenvalue weighted by atomic mass is 16.4. The number of rotatable bonds is 11. The summed E-state index contributed by atoms with van der Waals surface area (Å²) in [6, 6.07) is 7.63. The SMILES string of the molecule is N[C@H](Cn1c(=O)[nH]c2ccccc2c1=O)C(=O)N[C@H](Cn1c(=O)[nH]c2ccccc2c1=O)C(=O)N[C@@H](Cc1cnc[nH]1)C(=O)O. The van der Waals surface area contributed by atoms with E-state index < -0.39 is 71.5 Å². The number of carbonyl (C=O) groups excluding carboxylic acids is 2. The second-order valence-electron chi connectivity index (χ2n) is 10.1. The molecule has 3 aromatic heterocycles. The molecule has 0 bridgehead atoms. The fourth-order valence-corrected chi connectivity index (χ4v) is 4.75. The number of benzene rings is 2. The maximum Gasteiger partial charge on any atom is 0.328 e. The predicted octanol–water partition coefficient (Wildman–Crippen LogP) is -2.26. The number of amides is 2. The monoisotopic (exact) mass is 617 g/mol. The van der Waals surface area contributed by atoms with Crippen molar-refractivity contribution in [2.75, 3.05) is 0 Å². The van der Waals surface area contributed by atoms with Crippen LogP contribution in [0.3, 0.4) is 0 Å². The summed E-state index contributed by atoms with van der Waals surface area (Å²) in [5.74, 6) is -3.49. The Hall–Kier alpha value is -6.10. The molecular weight excluding hydrogens is 590 g/mol. The van der Waals surface area contributed by atoms with Crippen LogP contribution in [0.1, 0.15) is 5.69 Å². The van der Waals surface area contributed by atoms with Gasteiger partial charge in [-0.3, -0.25) is 28.3 Å². The second kappa shape index (κ2) is 12.6. The van der Waals surface area contributed by atoms with Crippen LogP contribution in [0.5, 0.6) is 0 Å². The minimum atomic E-state index is -1.70. The molecule has 17 heteroatoms. The smallest absolute Gasteiger partial charge is 0.328 e. The quantitative estimate of drug-likeness (QED) is 0.0836. The number of hydrogen-bond acceptors (Lipinski definition) is 9. The lowest BCUT2D eigenvalue weighted by molar-refractivity contribution is -0.142. The molecule has 45 heavy (non-hydrogen) atoms. The first kappa shape index (κ1) is 30.4. The number of imidazole rings is 1. The highest BCUT2D eigenvalue weighted by Gasteiger charge is 2.30. The van der Waals surface area contributed by atoms with E-state index in [0.29, 0.717) is 10.3 Å². The van der Waals surface area contributed by atoms with Crippen LogP contribution in [0.2, 0.25) is 0 Å². The number of carboxylic acids is 1. The molecule has 2 amide bonds. The number of nitrogens with two attached hydrogens (primary N) is 1. The van der Waals surface area contributed by atoms with Crippen molar-refractivity contribution < 1.29 is 19.5 Å². The van der Waals surface area contributed by atoms with E-state index in [1.165, 1.54) is 36.8 Å². The standard InChI is InChI=1S/C28H27N9O8/c29-17(11-36-24(40)15-5-1-3-7-18(15)34-27(36)44)22(38)33-21(23(39)32-20(26(42)43)9-14-10-30-13-31-14)12-37-25(41)16-6-2-4-8-19(16)35-28(37)45/h1-8,10,13,17,20-21H,9,11-12,29H2,(H,30,31)(H,32,39)(H,33,38)(H,34,44)(H,35,45)(H,42,43)/t17-,20+,21-/m1/s1. The Bertz CT molecular complexity index is 2150. The van der Waals surface area contributed by atoms with Gasteiger partial charge in [0.15, 0.2) is 0 Å². The number of aromatic nitrogens is 6. The molecule has 3 atom stereocenters. The van der Waals surface area contributed by atoms with Crippen molar-refractivity contribution in [2.45, 2.75) is 37.6 Å². The summed E-state index contributed by atoms with van der Waals surface area (Å²) in [4.78, 5) is 102. The minimum absolute atomic E-state index is 0.122. The largest absolute Gasteiger partial charge is 0.480 e. The van der Waals surface area contributed by atoms with Gasteiger partial charge in [-0.05, 0) is 24.3 Å². The summed E-state index contributed by atoms with van der Waals surface area (Å²) in [5.41, 5.74) is 3.77. The fourth-order valence-electron chi connectivity index (χ4n) is 4.75. The molecule has 0 aliphatic rings. The Kier molecular flexibility index (Phi) is 8.53. The molecule has 17 nitrogen and oxygen atoms in total. The molecule has 0 aliphatic heterocycles. The number of nitrogens with one attached hydrogen (secondary N) is 5. The summed E-state index contributed by atoms with van der Waals surface area (Å²) >= 11 is 0. The zero-order valence-electron chi connectivity index (χ0n) is 23.4. The van der Waals surface area contributed by atoms with Crippen molar-refractivity contribution in [3.63, 3.8) is 0 Å². The average Bonchev–Trinajstić information content (AvgIpc) is 3.53. The number of nitrogens with zero attached hydrogens (tertiary/aromatic N) is 3. The van der Waals surface area contributed by atoms with Gasteiger partial charge < -0.3 is 36.4 Å². The number of fused-ring (bicyclic) bond motifs is 2. The molecule has 8 N–H and O–H groups in total. The van der Waals surface area contributed by atoms with Crippen LogP contribution in [-0.4, -0.2) is 70.1 Å². The van der Waals surface area contributed by atoms with E-state index in [0.717, 1.165) is 4.57 Å². The fraction of sp³-hybridized carbons (Fsp3) is 0.214. The van der Waals surface area contributed by atoms with Crippen molar-refractivity contribution in [3.8, 4) is 0 Å². The topological polar surface area (TPSA) is 260 Å². The van der Waals surface area contributed by atoms with Gasteiger partial charge in [0.05, 0.1) is 41.2 Å². The van der Waals surface area contributed by atoms with Crippen LogP contribution >= 0.6 is 0 Å². The number of aromatic amines is 3. The molecular formula is C28H27N9O8. The van der Waals surface area contributed by atoms with Crippen LogP contribution in [0.25, 0.3) is 21.8 Å². The Morgan fingerprint density at radius 1 is 0.800 bits per heavy atom. The van der Waals surface area contributed by atoms with Gasteiger partial charge in [0, 0.05) is 18.3 Å². The third kappa shape index (κ3) is 6.47. The van der Waals surface area contributed by atoms with Crippen LogP contribution in [0.4, 0.5) is 0 Å². The third-order valence-corrected chi connectivity index (χ3v) is 7.09. The van der Waals surface area contributed by atoms with Gasteiger partial charge in [0.25, 0.3) is 11.1 Å². The van der Waals surface area contributed by atoms with Crippen molar-refractivity contribution in [3.05, 3.63) is 108 Å². The molecule has 3 heterocycles. The van der Waals surface area contributed by atoms with E-state index in [1.54, 1.807) is 24.3 Å². The Morgan fingerprint density at radius 2 is 1.33 bits per heavy atom. The molecule has 5 aromatic rings. The lowest BCUT2D eigenvalue weighted by Crippen LogP contribution is -2.58. The van der Waals surface area contributed by atoms with Crippen molar-refractivity contribution >= 4 is 39.6 Å². The summed E-state index contributed by atoms with van der Waals surface area (Å²) < 4.78 is 1.41. The van der Waals surface area contributed by atoms with Gasteiger partial charge >= 0.3 is 17.3 Å². The number of hydrogen-bond donors (Lipinski definition) is 7. The highest BCUT2D eigenvalue weighted by Crippen LogP contribution is 2.06. The first-order chi connectivity index (χ1) is 21.5. The maximum absolute atomic E-state index is 13.5. The van der Waals surface area contributed by atoms with Crippen LogP contribution < -0.4 is 38.9 Å². The Balaban J connectivity index is 1.44. The molecule has 5 rings (SSSR count). The van der Waals surface area contributed by atoms with Crippen molar-refractivity contribution in [1.82, 2.24) is 39.7 Å². The van der Waals surface area contributed by atoms with E-state index in [-0.39, 0.29) is 28.2 Å². The van der Waals surface area contributed by atoms with E-state index >= 15 is 0 Å². The summed E-state index contributed by atoms with van der Waals surface area (Å²) in [5, 5.41) is 14.7. The van der Waals surface area contributed by atoms with Gasteiger partial charge in [0.2, 0.25) is 11.8 Å². The van der Waals surface area contributed by atoms with Crippen LogP contribution in [0.15, 0.2) is 80.2 Å². The van der Waals surface area contributed by atoms with Gasteiger partial charge in [-0.25, -0.2) is 19.4 Å². The van der Waals surface area contributed by atoms with Gasteiger partial charge in [0.1, 0.15) is 18.1 Å². The molecule has 0 saturated heterocycles. The maximum atomic E-state index is 13.5. The molecule has 0 aliphatic carbocycles. The van der Waals surface area contributed by atoms with E-state index in [9.17, 15) is 38.7 Å². The summed E-state index contributed by atoms with van der Waals surface area (Å²) in [6.07, 6.45) is 2.49.